The molecule has 1 aromatic heterocycles. The second-order valence-corrected chi connectivity index (χ2v) is 4.01. The molecule has 0 atom stereocenters. The number of halogens is 2. The van der Waals surface area contributed by atoms with Gasteiger partial charge in [-0.1, -0.05) is 11.6 Å². The van der Waals surface area contributed by atoms with Crippen molar-refractivity contribution in [3.8, 4) is 0 Å². The van der Waals surface area contributed by atoms with Gasteiger partial charge in [0.2, 0.25) is 0 Å². The minimum atomic E-state index is 0.527. The van der Waals surface area contributed by atoms with Gasteiger partial charge in [-0.3, -0.25) is 0 Å². The Kier molecular flexibility index (Phi) is 4.34. The molecule has 72 valence electrons. The molecule has 0 saturated heterocycles. The van der Waals surface area contributed by atoms with Crippen molar-refractivity contribution in [3.63, 3.8) is 0 Å². The van der Waals surface area contributed by atoms with Gasteiger partial charge in [-0.2, -0.15) is 0 Å². The number of nitrogens with zero attached hydrogens (tertiary/aromatic N) is 2. The average Bonchev–Trinajstić information content (AvgIpc) is 2.10. The summed E-state index contributed by atoms with van der Waals surface area (Å²) >= 11 is 8.03. The van der Waals surface area contributed by atoms with Gasteiger partial charge in [-0.25, -0.2) is 9.97 Å². The van der Waals surface area contributed by atoms with E-state index in [0.717, 1.165) is 15.1 Å². The molecule has 0 fully saturated rings. The Morgan fingerprint density at radius 1 is 1.46 bits per heavy atom. The lowest BCUT2D eigenvalue weighted by Gasteiger charge is -2.03. The maximum absolute atomic E-state index is 5.90. The third kappa shape index (κ3) is 3.03. The molecule has 0 spiro atoms. The predicted molar refractivity (Wildman–Crippen MR) is 60.1 cm³/mol. The van der Waals surface area contributed by atoms with E-state index in [-0.39, 0.29) is 0 Å². The molecular formula is C8H10ClIN2O. The van der Waals surface area contributed by atoms with Gasteiger partial charge in [0.05, 0.1) is 15.9 Å². The van der Waals surface area contributed by atoms with E-state index >= 15 is 0 Å². The topological polar surface area (TPSA) is 35.0 Å². The summed E-state index contributed by atoms with van der Waals surface area (Å²) in [6.45, 7) is 2.54. The fraction of sp³-hybridized carbons (Fsp3) is 0.500. The molecule has 3 nitrogen and oxygen atoms in total. The third-order valence-corrected chi connectivity index (χ3v) is 3.44. The van der Waals surface area contributed by atoms with Crippen LogP contribution in [0.25, 0.3) is 0 Å². The van der Waals surface area contributed by atoms with E-state index in [1.807, 2.05) is 6.92 Å². The number of aromatic nitrogens is 2. The lowest BCUT2D eigenvalue weighted by molar-refractivity contribution is 0.200. The highest BCUT2D eigenvalue weighted by Gasteiger charge is 2.06. The molecule has 1 aromatic rings. The zero-order valence-electron chi connectivity index (χ0n) is 7.47. The molecule has 0 N–H and O–H groups in total. The van der Waals surface area contributed by atoms with Crippen molar-refractivity contribution in [2.75, 3.05) is 13.7 Å². The van der Waals surface area contributed by atoms with E-state index < -0.39 is 0 Å². The Bertz CT molecular complexity index is 283. The number of ether oxygens (including phenoxy) is 1. The highest BCUT2D eigenvalue weighted by atomic mass is 127. The summed E-state index contributed by atoms with van der Waals surface area (Å²) in [4.78, 5) is 8.43. The van der Waals surface area contributed by atoms with Crippen LogP contribution in [0, 0.1) is 10.5 Å². The Morgan fingerprint density at radius 2 is 2.15 bits per heavy atom. The van der Waals surface area contributed by atoms with Crippen LogP contribution in [0.15, 0.2) is 0 Å². The molecule has 1 heterocycles. The zero-order chi connectivity index (χ0) is 9.84. The van der Waals surface area contributed by atoms with Crippen molar-refractivity contribution in [3.05, 3.63) is 20.2 Å². The number of methoxy groups -OCH3 is 1. The van der Waals surface area contributed by atoms with Crippen LogP contribution in [-0.4, -0.2) is 23.7 Å². The van der Waals surface area contributed by atoms with E-state index in [2.05, 4.69) is 32.6 Å². The van der Waals surface area contributed by atoms with Gasteiger partial charge < -0.3 is 4.74 Å². The van der Waals surface area contributed by atoms with Gasteiger partial charge in [0.1, 0.15) is 11.0 Å². The van der Waals surface area contributed by atoms with E-state index in [1.165, 1.54) is 0 Å². The highest BCUT2D eigenvalue weighted by molar-refractivity contribution is 14.1. The van der Waals surface area contributed by atoms with E-state index in [9.17, 15) is 0 Å². The van der Waals surface area contributed by atoms with Gasteiger partial charge in [-0.15, -0.1) is 0 Å². The SMILES string of the molecule is COCCc1nc(C)c(I)c(Cl)n1. The van der Waals surface area contributed by atoms with Gasteiger partial charge in [0, 0.05) is 13.5 Å². The van der Waals surface area contributed by atoms with E-state index in [1.54, 1.807) is 7.11 Å². The number of hydrogen-bond acceptors (Lipinski definition) is 3. The smallest absolute Gasteiger partial charge is 0.146 e. The van der Waals surface area contributed by atoms with Gasteiger partial charge in [0.25, 0.3) is 0 Å². The summed E-state index contributed by atoms with van der Waals surface area (Å²) in [5.74, 6) is 0.741. The Balaban J connectivity index is 2.86. The van der Waals surface area contributed by atoms with Crippen molar-refractivity contribution in [2.45, 2.75) is 13.3 Å². The van der Waals surface area contributed by atoms with E-state index in [0.29, 0.717) is 18.2 Å². The third-order valence-electron chi connectivity index (χ3n) is 1.55. The molecule has 0 bridgehead atoms. The minimum Gasteiger partial charge on any atom is -0.384 e. The molecule has 0 aliphatic rings. The normalized spacial score (nSPS) is 10.5. The molecule has 13 heavy (non-hydrogen) atoms. The maximum Gasteiger partial charge on any atom is 0.146 e. The Labute approximate surface area is 96.0 Å². The highest BCUT2D eigenvalue weighted by Crippen LogP contribution is 2.18. The molecule has 0 amide bonds. The minimum absolute atomic E-state index is 0.527. The summed E-state index contributed by atoms with van der Waals surface area (Å²) in [7, 11) is 1.65. The molecule has 0 saturated carbocycles. The number of aryl methyl sites for hydroxylation is 1. The molecule has 5 heteroatoms. The monoisotopic (exact) mass is 312 g/mol. The van der Waals surface area contributed by atoms with Gasteiger partial charge >= 0.3 is 0 Å². The van der Waals surface area contributed by atoms with Crippen LogP contribution < -0.4 is 0 Å². The van der Waals surface area contributed by atoms with Crippen LogP contribution in [0.5, 0.6) is 0 Å². The largest absolute Gasteiger partial charge is 0.384 e. The van der Waals surface area contributed by atoms with Gasteiger partial charge in [0.15, 0.2) is 0 Å². The standard InChI is InChI=1S/C8H10ClIN2O/c1-5-7(10)8(9)12-6(11-5)3-4-13-2/h3-4H2,1-2H3. The summed E-state index contributed by atoms with van der Waals surface area (Å²) < 4.78 is 5.85. The average molecular weight is 313 g/mol. The lowest BCUT2D eigenvalue weighted by atomic mass is 10.4. The first-order chi connectivity index (χ1) is 6.15. The van der Waals surface area contributed by atoms with Crippen LogP contribution >= 0.6 is 34.2 Å². The Morgan fingerprint density at radius 3 is 2.69 bits per heavy atom. The summed E-state index contributed by atoms with van der Waals surface area (Å²) in [6, 6.07) is 0. The van der Waals surface area contributed by atoms with Crippen LogP contribution in [0.2, 0.25) is 5.15 Å². The van der Waals surface area contributed by atoms with Crippen molar-refractivity contribution >= 4 is 34.2 Å². The maximum atomic E-state index is 5.90. The van der Waals surface area contributed by atoms with Crippen LogP contribution in [-0.2, 0) is 11.2 Å². The first-order valence-corrected chi connectivity index (χ1v) is 5.28. The zero-order valence-corrected chi connectivity index (χ0v) is 10.4. The molecule has 0 unspecified atom stereocenters. The molecule has 0 radical (unpaired) electrons. The van der Waals surface area contributed by atoms with Crippen molar-refractivity contribution < 1.29 is 4.74 Å². The summed E-state index contributed by atoms with van der Waals surface area (Å²) in [6.07, 6.45) is 0.702. The first kappa shape index (κ1) is 11.1. The predicted octanol–water partition coefficient (Wildman–Crippen LogP) is 2.23. The fourth-order valence-corrected chi connectivity index (χ4v) is 1.36. The molecule has 1 rings (SSSR count). The van der Waals surface area contributed by atoms with Gasteiger partial charge in [-0.05, 0) is 29.5 Å². The van der Waals surface area contributed by atoms with Crippen LogP contribution in [0.4, 0.5) is 0 Å². The Hall–Kier alpha value is 0.0600. The van der Waals surface area contributed by atoms with Crippen molar-refractivity contribution in [2.24, 2.45) is 0 Å². The molecular weight excluding hydrogens is 302 g/mol. The second-order valence-electron chi connectivity index (χ2n) is 2.57. The van der Waals surface area contributed by atoms with Crippen LogP contribution in [0.3, 0.4) is 0 Å². The second kappa shape index (κ2) is 5.07. The number of hydrogen-bond donors (Lipinski definition) is 0. The fourth-order valence-electron chi connectivity index (χ4n) is 0.884. The first-order valence-electron chi connectivity index (χ1n) is 3.82. The quantitative estimate of drug-likeness (QED) is 0.634. The van der Waals surface area contributed by atoms with Crippen molar-refractivity contribution in [1.29, 1.82) is 0 Å². The lowest BCUT2D eigenvalue weighted by Crippen LogP contribution is -2.04. The summed E-state index contributed by atoms with van der Waals surface area (Å²) in [5, 5.41) is 0.527. The van der Waals surface area contributed by atoms with Crippen LogP contribution in [0.1, 0.15) is 11.5 Å². The van der Waals surface area contributed by atoms with Crippen molar-refractivity contribution in [1.82, 2.24) is 9.97 Å². The molecule has 0 aromatic carbocycles. The number of rotatable bonds is 3. The molecule has 0 aliphatic carbocycles. The van der Waals surface area contributed by atoms with E-state index in [4.69, 9.17) is 16.3 Å². The molecule has 0 aliphatic heterocycles. The summed E-state index contributed by atoms with van der Waals surface area (Å²) in [5.41, 5.74) is 0.923.